The van der Waals surface area contributed by atoms with Crippen LogP contribution in [-0.2, 0) is 20.2 Å². The molecule has 3 rings (SSSR count). The highest BCUT2D eigenvalue weighted by atomic mass is 32.2. The second kappa shape index (κ2) is 7.89. The van der Waals surface area contributed by atoms with Gasteiger partial charge in [0, 0.05) is 17.8 Å². The molecule has 0 atom stereocenters. The average Bonchev–Trinajstić information content (AvgIpc) is 3.43. The van der Waals surface area contributed by atoms with Gasteiger partial charge in [0.05, 0.1) is 4.90 Å². The number of sulfonamides is 1. The van der Waals surface area contributed by atoms with Crippen LogP contribution in [0.4, 0.5) is 5.69 Å². The predicted molar refractivity (Wildman–Crippen MR) is 113 cm³/mol. The highest BCUT2D eigenvalue weighted by molar-refractivity contribution is 7.89. The molecule has 6 heteroatoms. The van der Waals surface area contributed by atoms with E-state index in [1.807, 2.05) is 12.1 Å². The maximum atomic E-state index is 12.3. The first kappa shape index (κ1) is 20.3. The number of carbonyl (C=O) groups is 1. The molecule has 0 spiro atoms. The summed E-state index contributed by atoms with van der Waals surface area (Å²) in [5, 5.41) is 2.71. The summed E-state index contributed by atoms with van der Waals surface area (Å²) in [5.74, 6) is -0.315. The van der Waals surface area contributed by atoms with Gasteiger partial charge in [0.1, 0.15) is 0 Å². The highest BCUT2D eigenvalue weighted by Gasteiger charge is 2.28. The van der Waals surface area contributed by atoms with Crippen LogP contribution in [0.5, 0.6) is 0 Å². The van der Waals surface area contributed by atoms with Gasteiger partial charge in [0.15, 0.2) is 0 Å². The first-order valence-corrected chi connectivity index (χ1v) is 10.8. The molecule has 148 valence electrons. The van der Waals surface area contributed by atoms with E-state index in [2.05, 4.69) is 42.9 Å². The van der Waals surface area contributed by atoms with E-state index in [9.17, 15) is 13.2 Å². The lowest BCUT2D eigenvalue weighted by Crippen LogP contribution is -2.25. The van der Waals surface area contributed by atoms with Crippen LogP contribution in [-0.4, -0.2) is 20.4 Å². The Balaban J connectivity index is 1.64. The first-order chi connectivity index (χ1) is 13.1. The maximum absolute atomic E-state index is 12.3. The lowest BCUT2D eigenvalue weighted by Gasteiger charge is -2.18. The number of amides is 1. The van der Waals surface area contributed by atoms with Gasteiger partial charge in [-0.2, -0.15) is 0 Å². The summed E-state index contributed by atoms with van der Waals surface area (Å²) < 4.78 is 27.2. The molecule has 1 amide bonds. The third kappa shape index (κ3) is 5.53. The third-order valence-corrected chi connectivity index (χ3v) is 6.03. The Bertz CT molecular complexity index is 983. The molecule has 2 aromatic rings. The van der Waals surface area contributed by atoms with Gasteiger partial charge in [0.2, 0.25) is 15.9 Å². The quantitative estimate of drug-likeness (QED) is 0.720. The molecular weight excluding hydrogens is 372 g/mol. The maximum Gasteiger partial charge on any atom is 0.248 e. The molecule has 0 heterocycles. The van der Waals surface area contributed by atoms with Gasteiger partial charge >= 0.3 is 0 Å². The average molecular weight is 399 g/mol. The zero-order valence-corrected chi connectivity index (χ0v) is 17.2. The predicted octanol–water partition coefficient (Wildman–Crippen LogP) is 4.08. The van der Waals surface area contributed by atoms with Crippen molar-refractivity contribution in [2.75, 3.05) is 5.32 Å². The van der Waals surface area contributed by atoms with Crippen LogP contribution in [0, 0.1) is 0 Å². The van der Waals surface area contributed by atoms with Crippen molar-refractivity contribution in [1.82, 2.24) is 4.72 Å². The minimum atomic E-state index is -3.55. The van der Waals surface area contributed by atoms with Gasteiger partial charge in [-0.3, -0.25) is 4.79 Å². The highest BCUT2D eigenvalue weighted by Crippen LogP contribution is 2.24. The zero-order valence-electron chi connectivity index (χ0n) is 16.4. The minimum Gasteiger partial charge on any atom is -0.322 e. The van der Waals surface area contributed by atoms with Gasteiger partial charge in [-0.1, -0.05) is 51.1 Å². The Kier molecular flexibility index (Phi) is 5.72. The van der Waals surface area contributed by atoms with Crippen molar-refractivity contribution in [2.45, 2.75) is 50.0 Å². The lowest BCUT2D eigenvalue weighted by atomic mass is 9.87. The monoisotopic (exact) mass is 398 g/mol. The molecule has 2 N–H and O–H groups in total. The van der Waals surface area contributed by atoms with Crippen LogP contribution in [0.3, 0.4) is 0 Å². The zero-order chi connectivity index (χ0) is 20.4. The number of carbonyl (C=O) groups excluding carboxylic acids is 1. The van der Waals surface area contributed by atoms with E-state index in [0.29, 0.717) is 5.69 Å². The first-order valence-electron chi connectivity index (χ1n) is 9.35. The van der Waals surface area contributed by atoms with E-state index in [-0.39, 0.29) is 22.3 Å². The number of anilines is 1. The molecule has 0 aromatic heterocycles. The number of hydrogen-bond donors (Lipinski definition) is 2. The molecule has 28 heavy (non-hydrogen) atoms. The summed E-state index contributed by atoms with van der Waals surface area (Å²) in [7, 11) is -3.55. The standard InChI is InChI=1S/C22H26N2O3S/c1-22(2,3)17-10-7-16(8-11-17)9-14-21(25)23-19-5-4-6-20(15-19)28(26,27)24-18-12-13-18/h4-11,14-15,18,24H,12-13H2,1-3H3,(H,23,25). The van der Waals surface area contributed by atoms with Crippen LogP contribution < -0.4 is 10.0 Å². The summed E-state index contributed by atoms with van der Waals surface area (Å²) in [6.07, 6.45) is 4.92. The van der Waals surface area contributed by atoms with Crippen LogP contribution in [0.2, 0.25) is 0 Å². The van der Waals surface area contributed by atoms with Crippen LogP contribution in [0.25, 0.3) is 6.08 Å². The molecule has 1 saturated carbocycles. The molecule has 0 bridgehead atoms. The fourth-order valence-corrected chi connectivity index (χ4v) is 4.03. The Hall–Kier alpha value is -2.44. The van der Waals surface area contributed by atoms with E-state index >= 15 is 0 Å². The number of rotatable bonds is 6. The van der Waals surface area contributed by atoms with Crippen molar-refractivity contribution in [3.8, 4) is 0 Å². The topological polar surface area (TPSA) is 75.3 Å². The Labute approximate surface area is 166 Å². The van der Waals surface area contributed by atoms with E-state index in [1.54, 1.807) is 18.2 Å². The van der Waals surface area contributed by atoms with Crippen molar-refractivity contribution in [3.63, 3.8) is 0 Å². The van der Waals surface area contributed by atoms with Crippen LogP contribution in [0.1, 0.15) is 44.7 Å². The summed E-state index contributed by atoms with van der Waals surface area (Å²) in [4.78, 5) is 12.3. The summed E-state index contributed by atoms with van der Waals surface area (Å²) >= 11 is 0. The van der Waals surface area contributed by atoms with Crippen molar-refractivity contribution in [1.29, 1.82) is 0 Å². The Morgan fingerprint density at radius 1 is 1.07 bits per heavy atom. The van der Waals surface area contributed by atoms with Gasteiger partial charge in [-0.05, 0) is 53.7 Å². The van der Waals surface area contributed by atoms with Crippen LogP contribution >= 0.6 is 0 Å². The summed E-state index contributed by atoms with van der Waals surface area (Å²) in [6.45, 7) is 6.46. The molecule has 1 aliphatic rings. The second-order valence-corrected chi connectivity index (χ2v) is 9.83. The van der Waals surface area contributed by atoms with Crippen LogP contribution in [0.15, 0.2) is 59.5 Å². The smallest absolute Gasteiger partial charge is 0.248 e. The van der Waals surface area contributed by atoms with Gasteiger partial charge in [-0.25, -0.2) is 13.1 Å². The van der Waals surface area contributed by atoms with Crippen molar-refractivity contribution >= 4 is 27.7 Å². The van der Waals surface area contributed by atoms with Crippen molar-refractivity contribution < 1.29 is 13.2 Å². The third-order valence-electron chi connectivity index (χ3n) is 4.51. The van der Waals surface area contributed by atoms with E-state index in [0.717, 1.165) is 18.4 Å². The molecular formula is C22H26N2O3S. The molecule has 1 fully saturated rings. The van der Waals surface area contributed by atoms with E-state index in [4.69, 9.17) is 0 Å². The molecule has 0 radical (unpaired) electrons. The van der Waals surface area contributed by atoms with Gasteiger partial charge < -0.3 is 5.32 Å². The summed E-state index contributed by atoms with van der Waals surface area (Å²) in [6, 6.07) is 14.4. The second-order valence-electron chi connectivity index (χ2n) is 8.12. The van der Waals surface area contributed by atoms with E-state index < -0.39 is 10.0 Å². The Morgan fingerprint density at radius 3 is 2.36 bits per heavy atom. The van der Waals surface area contributed by atoms with Gasteiger partial charge in [0.25, 0.3) is 0 Å². The molecule has 1 aliphatic carbocycles. The SMILES string of the molecule is CC(C)(C)c1ccc(C=CC(=O)Nc2cccc(S(=O)(=O)NC3CC3)c2)cc1. The normalized spacial score (nSPS) is 15.0. The van der Waals surface area contributed by atoms with E-state index in [1.165, 1.54) is 23.8 Å². The fourth-order valence-electron chi connectivity index (χ4n) is 2.68. The number of hydrogen-bond acceptors (Lipinski definition) is 3. The summed E-state index contributed by atoms with van der Waals surface area (Å²) in [5.41, 5.74) is 2.68. The minimum absolute atomic E-state index is 0.0378. The number of nitrogens with one attached hydrogen (secondary N) is 2. The molecule has 0 unspecified atom stereocenters. The molecule has 0 aliphatic heterocycles. The lowest BCUT2D eigenvalue weighted by molar-refractivity contribution is -0.111. The number of benzene rings is 2. The fraction of sp³-hybridized carbons (Fsp3) is 0.318. The van der Waals surface area contributed by atoms with Crippen molar-refractivity contribution in [2.24, 2.45) is 0 Å². The molecule has 0 saturated heterocycles. The molecule has 5 nitrogen and oxygen atoms in total. The Morgan fingerprint density at radius 2 is 1.75 bits per heavy atom. The molecule has 2 aromatic carbocycles. The largest absolute Gasteiger partial charge is 0.322 e. The van der Waals surface area contributed by atoms with Crippen molar-refractivity contribution in [3.05, 3.63) is 65.7 Å². The van der Waals surface area contributed by atoms with Gasteiger partial charge in [-0.15, -0.1) is 0 Å².